The molecule has 0 spiro atoms. The fourth-order valence-electron chi connectivity index (χ4n) is 2.94. The van der Waals surface area contributed by atoms with E-state index in [0.29, 0.717) is 42.4 Å². The Morgan fingerprint density at radius 1 is 1.21 bits per heavy atom. The topological polar surface area (TPSA) is 75.5 Å². The van der Waals surface area contributed by atoms with Gasteiger partial charge < -0.3 is 4.90 Å². The summed E-state index contributed by atoms with van der Waals surface area (Å²) >= 11 is 1.40. The average Bonchev–Trinajstić information content (AvgIpc) is 3.16. The number of aromatic nitrogens is 2. The van der Waals surface area contributed by atoms with Crippen LogP contribution in [0.4, 0.5) is 0 Å². The molecule has 0 aliphatic carbocycles. The fourth-order valence-corrected chi connectivity index (χ4v) is 5.46. The lowest BCUT2D eigenvalue weighted by Crippen LogP contribution is -2.50. The molecule has 0 atom stereocenters. The predicted molar refractivity (Wildman–Crippen MR) is 91.7 cm³/mol. The zero-order valence-electron chi connectivity index (χ0n) is 13.9. The van der Waals surface area contributed by atoms with Crippen LogP contribution in [0.1, 0.15) is 21.1 Å². The van der Waals surface area contributed by atoms with E-state index in [1.165, 1.54) is 15.6 Å². The van der Waals surface area contributed by atoms with Gasteiger partial charge in [-0.05, 0) is 25.3 Å². The maximum atomic E-state index is 12.9. The van der Waals surface area contributed by atoms with E-state index < -0.39 is 10.0 Å². The first-order valence-electron chi connectivity index (χ1n) is 7.65. The van der Waals surface area contributed by atoms with Gasteiger partial charge in [0.2, 0.25) is 10.0 Å². The third-order valence-corrected chi connectivity index (χ3v) is 7.31. The first kappa shape index (κ1) is 17.1. The smallest absolute Gasteiger partial charge is 0.264 e. The molecule has 2 aromatic rings. The average molecular weight is 368 g/mol. The standard InChI is InChI=1S/C15H20N4O3S2/c1-11-14(12(2)17(3)16-11)24(21,22)19-8-6-18(7-9-19)15(20)13-5-4-10-23-13/h4-5,10H,6-9H2,1-3H3. The van der Waals surface area contributed by atoms with Gasteiger partial charge in [-0.3, -0.25) is 9.48 Å². The van der Waals surface area contributed by atoms with Crippen molar-refractivity contribution >= 4 is 27.3 Å². The Morgan fingerprint density at radius 2 is 1.88 bits per heavy atom. The molecule has 24 heavy (non-hydrogen) atoms. The van der Waals surface area contributed by atoms with Crippen LogP contribution in [-0.4, -0.2) is 59.5 Å². The zero-order chi connectivity index (χ0) is 17.5. The summed E-state index contributed by atoms with van der Waals surface area (Å²) in [7, 11) is -1.86. The number of amides is 1. The summed E-state index contributed by atoms with van der Waals surface area (Å²) < 4.78 is 28.9. The molecule has 130 valence electrons. The molecular formula is C15H20N4O3S2. The van der Waals surface area contributed by atoms with Gasteiger partial charge in [0, 0.05) is 33.2 Å². The van der Waals surface area contributed by atoms with Crippen molar-refractivity contribution in [3.63, 3.8) is 0 Å². The molecule has 3 rings (SSSR count). The van der Waals surface area contributed by atoms with Gasteiger partial charge in [0.05, 0.1) is 16.3 Å². The maximum absolute atomic E-state index is 12.9. The highest BCUT2D eigenvalue weighted by atomic mass is 32.2. The highest BCUT2D eigenvalue weighted by Crippen LogP contribution is 2.24. The van der Waals surface area contributed by atoms with Crippen molar-refractivity contribution in [1.29, 1.82) is 0 Å². The lowest BCUT2D eigenvalue weighted by atomic mass is 10.3. The fraction of sp³-hybridized carbons (Fsp3) is 0.467. The zero-order valence-corrected chi connectivity index (χ0v) is 15.5. The van der Waals surface area contributed by atoms with Crippen molar-refractivity contribution in [3.05, 3.63) is 33.8 Å². The normalized spacial score (nSPS) is 16.5. The number of aryl methyl sites for hydroxylation is 2. The molecule has 0 aromatic carbocycles. The Labute approximate surface area is 145 Å². The monoisotopic (exact) mass is 368 g/mol. The third-order valence-electron chi connectivity index (χ3n) is 4.30. The SMILES string of the molecule is Cc1nn(C)c(C)c1S(=O)(=O)N1CCN(C(=O)c2cccs2)CC1. The lowest BCUT2D eigenvalue weighted by molar-refractivity contribution is 0.0702. The number of rotatable bonds is 3. The summed E-state index contributed by atoms with van der Waals surface area (Å²) in [6, 6.07) is 3.63. The van der Waals surface area contributed by atoms with Gasteiger partial charge in [0.1, 0.15) is 4.90 Å². The van der Waals surface area contributed by atoms with Gasteiger partial charge in [-0.15, -0.1) is 11.3 Å². The Bertz CT molecular complexity index is 848. The number of carbonyl (C=O) groups excluding carboxylic acids is 1. The summed E-state index contributed by atoms with van der Waals surface area (Å²) in [4.78, 5) is 15.0. The second-order valence-corrected chi connectivity index (χ2v) is 8.62. The van der Waals surface area contributed by atoms with Crippen molar-refractivity contribution in [1.82, 2.24) is 19.0 Å². The second kappa shape index (κ2) is 6.30. The molecule has 1 aliphatic rings. The van der Waals surface area contributed by atoms with E-state index >= 15 is 0 Å². The van der Waals surface area contributed by atoms with Gasteiger partial charge in [-0.1, -0.05) is 6.07 Å². The first-order valence-corrected chi connectivity index (χ1v) is 9.97. The van der Waals surface area contributed by atoms with E-state index in [2.05, 4.69) is 5.10 Å². The van der Waals surface area contributed by atoms with E-state index in [9.17, 15) is 13.2 Å². The van der Waals surface area contributed by atoms with E-state index in [-0.39, 0.29) is 10.8 Å². The lowest BCUT2D eigenvalue weighted by Gasteiger charge is -2.33. The third kappa shape index (κ3) is 2.87. The Morgan fingerprint density at radius 3 is 2.38 bits per heavy atom. The molecule has 7 nitrogen and oxygen atoms in total. The first-order chi connectivity index (χ1) is 11.3. The molecule has 0 bridgehead atoms. The summed E-state index contributed by atoms with van der Waals surface area (Å²) in [5.74, 6) is -0.0317. The van der Waals surface area contributed by atoms with Crippen molar-refractivity contribution < 1.29 is 13.2 Å². The number of nitrogens with zero attached hydrogens (tertiary/aromatic N) is 4. The Balaban J connectivity index is 1.75. The van der Waals surface area contributed by atoms with Gasteiger partial charge in [0.25, 0.3) is 5.91 Å². The van der Waals surface area contributed by atoms with E-state index in [1.54, 1.807) is 36.5 Å². The van der Waals surface area contributed by atoms with Crippen LogP contribution in [0.2, 0.25) is 0 Å². The minimum atomic E-state index is -3.59. The highest BCUT2D eigenvalue weighted by molar-refractivity contribution is 7.89. The van der Waals surface area contributed by atoms with E-state index in [1.807, 2.05) is 11.4 Å². The Kier molecular flexibility index (Phi) is 4.50. The van der Waals surface area contributed by atoms with Crippen LogP contribution >= 0.6 is 11.3 Å². The van der Waals surface area contributed by atoms with Crippen LogP contribution in [0.3, 0.4) is 0 Å². The van der Waals surface area contributed by atoms with Crippen molar-refractivity contribution in [2.75, 3.05) is 26.2 Å². The molecule has 0 unspecified atom stereocenters. The molecule has 0 radical (unpaired) electrons. The van der Waals surface area contributed by atoms with Crippen LogP contribution in [0.15, 0.2) is 22.4 Å². The van der Waals surface area contributed by atoms with Crippen molar-refractivity contribution in [2.45, 2.75) is 18.7 Å². The quantitative estimate of drug-likeness (QED) is 0.817. The minimum absolute atomic E-state index is 0.0317. The van der Waals surface area contributed by atoms with Crippen LogP contribution in [0.25, 0.3) is 0 Å². The number of hydrogen-bond donors (Lipinski definition) is 0. The number of hydrogen-bond acceptors (Lipinski definition) is 5. The van der Waals surface area contributed by atoms with Gasteiger partial charge in [-0.2, -0.15) is 9.40 Å². The van der Waals surface area contributed by atoms with Crippen molar-refractivity contribution in [3.8, 4) is 0 Å². The molecule has 1 aliphatic heterocycles. The molecule has 1 amide bonds. The van der Waals surface area contributed by atoms with Crippen LogP contribution < -0.4 is 0 Å². The molecule has 0 N–H and O–H groups in total. The summed E-state index contributed by atoms with van der Waals surface area (Å²) in [6.45, 7) is 4.85. The largest absolute Gasteiger partial charge is 0.335 e. The van der Waals surface area contributed by atoms with Gasteiger partial charge in [0.15, 0.2) is 0 Å². The molecule has 9 heteroatoms. The molecular weight excluding hydrogens is 348 g/mol. The van der Waals surface area contributed by atoms with Crippen LogP contribution in [0.5, 0.6) is 0 Å². The van der Waals surface area contributed by atoms with Crippen molar-refractivity contribution in [2.24, 2.45) is 7.05 Å². The molecule has 2 aromatic heterocycles. The van der Waals surface area contributed by atoms with Crippen LogP contribution in [0, 0.1) is 13.8 Å². The maximum Gasteiger partial charge on any atom is 0.264 e. The molecule has 0 saturated carbocycles. The number of sulfonamides is 1. The summed E-state index contributed by atoms with van der Waals surface area (Å²) in [5, 5.41) is 6.06. The van der Waals surface area contributed by atoms with Gasteiger partial charge in [-0.25, -0.2) is 8.42 Å². The number of carbonyl (C=O) groups is 1. The summed E-state index contributed by atoms with van der Waals surface area (Å²) in [6.07, 6.45) is 0. The van der Waals surface area contributed by atoms with E-state index in [4.69, 9.17) is 0 Å². The number of piperazine rings is 1. The molecule has 3 heterocycles. The second-order valence-electron chi connectivity index (χ2n) is 5.80. The minimum Gasteiger partial charge on any atom is -0.335 e. The number of thiophene rings is 1. The predicted octanol–water partition coefficient (Wildman–Crippen LogP) is 1.25. The molecule has 1 saturated heterocycles. The Hall–Kier alpha value is -1.71. The van der Waals surface area contributed by atoms with Crippen LogP contribution in [-0.2, 0) is 17.1 Å². The molecule has 1 fully saturated rings. The van der Waals surface area contributed by atoms with E-state index in [0.717, 1.165) is 0 Å². The summed E-state index contributed by atoms with van der Waals surface area (Å²) in [5.41, 5.74) is 1.14. The highest BCUT2D eigenvalue weighted by Gasteiger charge is 2.34. The van der Waals surface area contributed by atoms with Gasteiger partial charge >= 0.3 is 0 Å².